The van der Waals surface area contributed by atoms with E-state index in [4.69, 9.17) is 32.9 Å². The van der Waals surface area contributed by atoms with E-state index in [1.807, 2.05) is 88.0 Å². The first kappa shape index (κ1) is 56.8. The van der Waals surface area contributed by atoms with Crippen molar-refractivity contribution in [3.8, 4) is 108 Å². The van der Waals surface area contributed by atoms with Gasteiger partial charge in [-0.3, -0.25) is 0 Å². The van der Waals surface area contributed by atoms with E-state index in [2.05, 4.69) is 48.5 Å². The molecule has 0 saturated carbocycles. The van der Waals surface area contributed by atoms with E-state index < -0.39 is 11.7 Å². The minimum Gasteiger partial charge on any atom is -0.310 e. The van der Waals surface area contributed by atoms with Crippen LogP contribution in [0.15, 0.2) is 200 Å². The van der Waals surface area contributed by atoms with Gasteiger partial charge in [0.05, 0.1) is 102 Å². The topological polar surface area (TPSA) is 151 Å². The number of halogens is 3. The molecule has 422 valence electrons. The molecule has 12 nitrogen and oxygen atoms in total. The smallest absolute Gasteiger partial charge is 0.310 e. The number of nitrogens with zero attached hydrogens (tertiary/aromatic N) is 12. The monoisotopic (exact) mass is 1180 g/mol. The molecule has 2 aromatic heterocycles. The van der Waals surface area contributed by atoms with E-state index in [9.17, 15) is 26.3 Å². The summed E-state index contributed by atoms with van der Waals surface area (Å²) >= 11 is 0. The van der Waals surface area contributed by atoms with Gasteiger partial charge in [-0.15, -0.1) is 0 Å². The number of nitriles is 5. The largest absolute Gasteiger partial charge is 0.417 e. The highest BCUT2D eigenvalue weighted by Crippen LogP contribution is 2.48. The Bertz CT molecular complexity index is 5640. The molecule has 0 radical (unpaired) electrons. The van der Waals surface area contributed by atoms with Crippen LogP contribution in [0.5, 0.6) is 0 Å². The van der Waals surface area contributed by atoms with E-state index in [0.29, 0.717) is 122 Å². The summed E-state index contributed by atoms with van der Waals surface area (Å²) in [4.78, 5) is 18.5. The Balaban J connectivity index is 1.14. The van der Waals surface area contributed by atoms with Crippen molar-refractivity contribution in [1.29, 1.82) is 26.3 Å². The molecule has 0 aliphatic carbocycles. The number of hydrogen-bond acceptors (Lipinski definition) is 5. The summed E-state index contributed by atoms with van der Waals surface area (Å²) in [5.74, 6) is 0. The third-order valence-electron chi connectivity index (χ3n) is 16.4. The molecule has 13 aromatic rings. The first-order valence-corrected chi connectivity index (χ1v) is 27.9. The Kier molecular flexibility index (Phi) is 13.9. The third kappa shape index (κ3) is 9.52. The van der Waals surface area contributed by atoms with E-state index in [1.54, 1.807) is 84.9 Å². The maximum absolute atomic E-state index is 15.4. The fourth-order valence-electron chi connectivity index (χ4n) is 12.2. The van der Waals surface area contributed by atoms with E-state index in [0.717, 1.165) is 6.07 Å². The van der Waals surface area contributed by atoms with Crippen LogP contribution in [-0.2, 0) is 6.18 Å². The van der Waals surface area contributed by atoms with Crippen molar-refractivity contribution in [2.24, 2.45) is 0 Å². The quantitative estimate of drug-likeness (QED) is 0.139. The van der Waals surface area contributed by atoms with Gasteiger partial charge in [-0.25, -0.2) is 24.2 Å². The Morgan fingerprint density at radius 3 is 1.07 bits per heavy atom. The average molecular weight is 1180 g/mol. The zero-order valence-electron chi connectivity index (χ0n) is 47.6. The second-order valence-electron chi connectivity index (χ2n) is 21.3. The van der Waals surface area contributed by atoms with Crippen LogP contribution in [0.4, 0.5) is 41.6 Å². The molecular weight excluding hydrogens is 1150 g/mol. The standard InChI is InChI=1S/C77H33F3N12/c1-86-54-14-20-57(52(31-54)42-84)47-9-23-72-64(33-47)66-36-50(60-18-7-45(40-82)29-69(60)89-4)12-26-73(66)91(72)71-25-11-49(59-17-6-44(39-81)28-68(59)77(78,79)80)35-63(71)62-22-16-56(88-3)38-76(62)92-74-24-10-48(58-21-15-55(87-2)32-53(58)43-85)34-65(74)67-37-51(13-27-75(67)92)61-19-8-46(41-83)30-70(61)90-5/h6-38H. The van der Waals surface area contributed by atoms with Crippen molar-refractivity contribution in [2.45, 2.75) is 6.18 Å². The molecule has 0 unspecified atom stereocenters. The molecule has 0 amide bonds. The Morgan fingerprint density at radius 1 is 0.304 bits per heavy atom. The highest BCUT2D eigenvalue weighted by Gasteiger charge is 2.35. The van der Waals surface area contributed by atoms with Gasteiger partial charge in [0.15, 0.2) is 28.4 Å². The number of alkyl halides is 3. The van der Waals surface area contributed by atoms with Gasteiger partial charge in [-0.05, 0) is 171 Å². The van der Waals surface area contributed by atoms with Gasteiger partial charge in [0.2, 0.25) is 0 Å². The van der Waals surface area contributed by atoms with Crippen molar-refractivity contribution in [3.05, 3.63) is 291 Å². The minimum atomic E-state index is -4.91. The van der Waals surface area contributed by atoms with Gasteiger partial charge >= 0.3 is 6.18 Å². The normalized spacial score (nSPS) is 10.9. The summed E-state index contributed by atoms with van der Waals surface area (Å²) in [6.45, 7) is 40.0. The highest BCUT2D eigenvalue weighted by atomic mass is 19.4. The molecule has 0 atom stereocenters. The molecule has 0 N–H and O–H groups in total. The molecule has 92 heavy (non-hydrogen) atoms. The van der Waals surface area contributed by atoms with Crippen molar-refractivity contribution in [2.75, 3.05) is 0 Å². The van der Waals surface area contributed by atoms with E-state index in [-0.39, 0.29) is 56.3 Å². The maximum Gasteiger partial charge on any atom is 0.417 e. The van der Waals surface area contributed by atoms with Gasteiger partial charge in [0.1, 0.15) is 0 Å². The minimum absolute atomic E-state index is 0.137. The molecule has 0 aliphatic heterocycles. The summed E-state index contributed by atoms with van der Waals surface area (Å²) in [7, 11) is 0. The zero-order valence-corrected chi connectivity index (χ0v) is 47.6. The first-order valence-electron chi connectivity index (χ1n) is 27.9. The van der Waals surface area contributed by atoms with Crippen LogP contribution in [0, 0.1) is 89.5 Å². The number of hydrogen-bond donors (Lipinski definition) is 0. The van der Waals surface area contributed by atoms with Crippen LogP contribution in [0.25, 0.3) is 146 Å². The maximum atomic E-state index is 15.4. The van der Waals surface area contributed by atoms with Crippen LogP contribution in [0.2, 0.25) is 0 Å². The molecule has 0 fully saturated rings. The van der Waals surface area contributed by atoms with E-state index >= 15 is 13.2 Å². The van der Waals surface area contributed by atoms with Crippen LogP contribution in [0.1, 0.15) is 33.4 Å². The SMILES string of the molecule is [C-]#[N+]c1ccc(-c2ccc3c(c2)c2cc(-c4ccc(C#N)cc4[N+]#[C-])ccc2n3-c2ccc(-c3ccc(C#N)cc3C(F)(F)F)cc2-c2ccc([N+]#[C-])cc2-n2c3ccc(-c4ccc([N+]#[C-])cc4C#N)cc3c3cc(-c4ccc(C#N)cc4[N+]#[C-])ccc32)c(C#N)c1. The lowest BCUT2D eigenvalue weighted by Crippen LogP contribution is -2.08. The third-order valence-corrected chi connectivity index (χ3v) is 16.4. The van der Waals surface area contributed by atoms with Gasteiger partial charge in [0, 0.05) is 60.6 Å². The molecule has 11 aromatic carbocycles. The zero-order chi connectivity index (χ0) is 64.1. The molecule has 0 aliphatic rings. The molecule has 2 heterocycles. The van der Waals surface area contributed by atoms with Crippen molar-refractivity contribution in [1.82, 2.24) is 9.13 Å². The average Bonchev–Trinajstić information content (AvgIpc) is 1.55. The molecular formula is C77H33F3N12. The fraction of sp³-hybridized carbons (Fsp3) is 0.0130. The van der Waals surface area contributed by atoms with Gasteiger partial charge in [-0.2, -0.15) is 39.5 Å². The molecule has 13 rings (SSSR count). The highest BCUT2D eigenvalue weighted by molar-refractivity contribution is 6.15. The predicted molar refractivity (Wildman–Crippen MR) is 348 cm³/mol. The lowest BCUT2D eigenvalue weighted by molar-refractivity contribution is -0.137. The van der Waals surface area contributed by atoms with Gasteiger partial charge < -0.3 is 9.13 Å². The number of rotatable bonds is 8. The van der Waals surface area contributed by atoms with Gasteiger partial charge in [-0.1, -0.05) is 84.9 Å². The first-order chi connectivity index (χ1) is 44.7. The lowest BCUT2D eigenvalue weighted by atomic mass is 9.92. The Labute approximate surface area is 523 Å². The van der Waals surface area contributed by atoms with Crippen molar-refractivity contribution >= 4 is 72.0 Å². The molecule has 0 saturated heterocycles. The number of aromatic nitrogens is 2. The number of benzene rings is 11. The summed E-state index contributed by atoms with van der Waals surface area (Å²) in [6.07, 6.45) is -4.91. The fourth-order valence-corrected chi connectivity index (χ4v) is 12.2. The molecule has 0 bridgehead atoms. The van der Waals surface area contributed by atoms with Crippen LogP contribution >= 0.6 is 0 Å². The molecule has 0 spiro atoms. The second-order valence-corrected chi connectivity index (χ2v) is 21.3. The summed E-state index contributed by atoms with van der Waals surface area (Å²) in [6, 6.07) is 66.1. The Morgan fingerprint density at radius 2 is 0.663 bits per heavy atom. The van der Waals surface area contributed by atoms with Crippen LogP contribution in [-0.4, -0.2) is 9.13 Å². The van der Waals surface area contributed by atoms with Gasteiger partial charge in [0.25, 0.3) is 0 Å². The predicted octanol–water partition coefficient (Wildman–Crippen LogP) is 21.0. The van der Waals surface area contributed by atoms with E-state index in [1.165, 1.54) is 36.4 Å². The summed E-state index contributed by atoms with van der Waals surface area (Å²) in [5, 5.41) is 52.9. The van der Waals surface area contributed by atoms with Crippen molar-refractivity contribution < 1.29 is 13.2 Å². The summed E-state index contributed by atoms with van der Waals surface area (Å²) in [5.41, 5.74) is 10.00. The molecule has 15 heteroatoms. The number of fused-ring (bicyclic) bond motifs is 6. The summed E-state index contributed by atoms with van der Waals surface area (Å²) < 4.78 is 50.2. The van der Waals surface area contributed by atoms with Crippen LogP contribution in [0.3, 0.4) is 0 Å². The van der Waals surface area contributed by atoms with Crippen molar-refractivity contribution in [3.63, 3.8) is 0 Å². The van der Waals surface area contributed by atoms with Crippen LogP contribution < -0.4 is 0 Å². The Hall–Kier alpha value is -14.3. The lowest BCUT2D eigenvalue weighted by Gasteiger charge is -2.21. The second kappa shape index (κ2) is 22.5.